The third-order valence-electron chi connectivity index (χ3n) is 1.59. The summed E-state index contributed by atoms with van der Waals surface area (Å²) >= 11 is 5.56. The molecule has 0 bridgehead atoms. The van der Waals surface area contributed by atoms with Gasteiger partial charge in [-0.25, -0.2) is 0 Å². The second-order valence-electron chi connectivity index (χ2n) is 2.35. The molecule has 0 amide bonds. The molecule has 3 nitrogen and oxygen atoms in total. The molecule has 0 saturated carbocycles. The molecule has 1 aromatic rings. The average Bonchev–Trinajstić information content (AvgIpc) is 1.97. The molecule has 0 atom stereocenters. The van der Waals surface area contributed by atoms with Crippen LogP contribution in [0.15, 0.2) is 12.1 Å². The van der Waals surface area contributed by atoms with E-state index in [1.54, 1.807) is 0 Å². The van der Waals surface area contributed by atoms with Gasteiger partial charge in [-0.15, -0.1) is 0 Å². The van der Waals surface area contributed by atoms with Crippen LogP contribution in [-0.4, -0.2) is 11.1 Å². The standard InChI is InChI=1S/C8H7ClO3.Na/c1-4-6(10)3-2-5(9)7(4)8(11)12;/h2-3,10H,1H3,(H,11,12);/q;+1/p-1. The average molecular weight is 209 g/mol. The van der Waals surface area contributed by atoms with Crippen LogP contribution in [0.2, 0.25) is 5.02 Å². The zero-order valence-corrected chi connectivity index (χ0v) is 10.1. The topological polar surface area (TPSA) is 60.4 Å². The summed E-state index contributed by atoms with van der Waals surface area (Å²) in [6, 6.07) is 2.65. The number of rotatable bonds is 1. The Balaban J connectivity index is 0.00000144. The zero-order valence-electron chi connectivity index (χ0n) is 7.30. The second-order valence-corrected chi connectivity index (χ2v) is 2.76. The summed E-state index contributed by atoms with van der Waals surface area (Å²) in [5, 5.41) is 19.7. The molecular formula is C8H6ClNaO3. The number of benzene rings is 1. The Labute approximate surface area is 103 Å². The molecular weight excluding hydrogens is 203 g/mol. The predicted octanol–water partition coefficient (Wildman–Crippen LogP) is -2.28. The van der Waals surface area contributed by atoms with Gasteiger partial charge in [0.15, 0.2) is 0 Å². The van der Waals surface area contributed by atoms with E-state index in [9.17, 15) is 9.90 Å². The van der Waals surface area contributed by atoms with Gasteiger partial charge in [0.05, 0.1) is 11.0 Å². The van der Waals surface area contributed by atoms with E-state index in [0.29, 0.717) is 0 Å². The van der Waals surface area contributed by atoms with Crippen LogP contribution in [0.1, 0.15) is 15.9 Å². The number of carboxylic acid groups (broad SMARTS) is 1. The van der Waals surface area contributed by atoms with Gasteiger partial charge in [0, 0.05) is 11.1 Å². The molecule has 5 heteroatoms. The van der Waals surface area contributed by atoms with Crippen LogP contribution < -0.4 is 34.7 Å². The van der Waals surface area contributed by atoms with E-state index < -0.39 is 5.97 Å². The second kappa shape index (κ2) is 4.86. The normalized spacial score (nSPS) is 9.08. The molecule has 13 heavy (non-hydrogen) atoms. The monoisotopic (exact) mass is 208 g/mol. The number of phenolic OH excluding ortho intramolecular Hbond substituents is 1. The number of aromatic hydroxyl groups is 1. The quantitative estimate of drug-likeness (QED) is 0.529. The minimum absolute atomic E-state index is 0. The van der Waals surface area contributed by atoms with Crippen LogP contribution in [0.25, 0.3) is 0 Å². The Morgan fingerprint density at radius 2 is 2.08 bits per heavy atom. The van der Waals surface area contributed by atoms with Crippen molar-refractivity contribution in [1.29, 1.82) is 0 Å². The molecule has 0 aromatic heterocycles. The van der Waals surface area contributed by atoms with Gasteiger partial charge in [0.1, 0.15) is 5.75 Å². The van der Waals surface area contributed by atoms with Gasteiger partial charge >= 0.3 is 29.6 Å². The van der Waals surface area contributed by atoms with Crippen LogP contribution in [0.3, 0.4) is 0 Å². The fraction of sp³-hybridized carbons (Fsp3) is 0.125. The number of carbonyl (C=O) groups is 1. The summed E-state index contributed by atoms with van der Waals surface area (Å²) in [4.78, 5) is 10.5. The van der Waals surface area contributed by atoms with Gasteiger partial charge in [-0.05, 0) is 19.1 Å². The number of hydrogen-bond acceptors (Lipinski definition) is 3. The van der Waals surface area contributed by atoms with Crippen molar-refractivity contribution in [3.05, 3.63) is 28.3 Å². The van der Waals surface area contributed by atoms with Gasteiger partial charge in [-0.1, -0.05) is 11.6 Å². The molecule has 0 aliphatic carbocycles. The van der Waals surface area contributed by atoms with Crippen LogP contribution in [0.5, 0.6) is 5.75 Å². The Hall–Kier alpha value is -0.220. The van der Waals surface area contributed by atoms with Crippen molar-refractivity contribution in [2.75, 3.05) is 0 Å². The van der Waals surface area contributed by atoms with Crippen LogP contribution in [0, 0.1) is 6.92 Å². The number of carbonyl (C=O) groups excluding carboxylic acids is 1. The van der Waals surface area contributed by atoms with Gasteiger partial charge < -0.3 is 15.0 Å². The van der Waals surface area contributed by atoms with Crippen molar-refractivity contribution in [2.24, 2.45) is 0 Å². The maximum atomic E-state index is 10.5. The predicted molar refractivity (Wildman–Crippen MR) is 42.2 cm³/mol. The Kier molecular flexibility index (Phi) is 4.78. The molecule has 0 unspecified atom stereocenters. The fourth-order valence-corrected chi connectivity index (χ4v) is 1.20. The smallest absolute Gasteiger partial charge is 0.545 e. The van der Waals surface area contributed by atoms with Crippen LogP contribution >= 0.6 is 11.6 Å². The maximum absolute atomic E-state index is 10.5. The van der Waals surface area contributed by atoms with E-state index in [-0.39, 0.29) is 51.5 Å². The van der Waals surface area contributed by atoms with Gasteiger partial charge in [-0.2, -0.15) is 0 Å². The molecule has 0 saturated heterocycles. The van der Waals surface area contributed by atoms with Gasteiger partial charge in [-0.3, -0.25) is 0 Å². The Morgan fingerprint density at radius 1 is 1.54 bits per heavy atom. The molecule has 1 aromatic carbocycles. The number of phenols is 1. The van der Waals surface area contributed by atoms with E-state index in [1.807, 2.05) is 0 Å². The molecule has 0 aliphatic rings. The van der Waals surface area contributed by atoms with Gasteiger partial charge in [0.25, 0.3) is 0 Å². The largest absolute Gasteiger partial charge is 1.00 e. The van der Waals surface area contributed by atoms with E-state index >= 15 is 0 Å². The van der Waals surface area contributed by atoms with E-state index in [2.05, 4.69) is 0 Å². The SMILES string of the molecule is Cc1c(O)ccc(Cl)c1C(=O)[O-].[Na+]. The van der Waals surface area contributed by atoms with Crippen molar-refractivity contribution >= 4 is 17.6 Å². The fourth-order valence-electron chi connectivity index (χ4n) is 0.918. The number of hydrogen-bond donors (Lipinski definition) is 1. The summed E-state index contributed by atoms with van der Waals surface area (Å²) in [7, 11) is 0. The third-order valence-corrected chi connectivity index (χ3v) is 1.90. The Bertz CT molecular complexity index is 338. The third kappa shape index (κ3) is 2.61. The summed E-state index contributed by atoms with van der Waals surface area (Å²) in [5.74, 6) is -1.48. The molecule has 0 fully saturated rings. The minimum Gasteiger partial charge on any atom is -0.545 e. The molecule has 0 radical (unpaired) electrons. The van der Waals surface area contributed by atoms with Gasteiger partial charge in [0.2, 0.25) is 0 Å². The molecule has 1 N–H and O–H groups in total. The van der Waals surface area contributed by atoms with Crippen molar-refractivity contribution in [1.82, 2.24) is 0 Å². The minimum atomic E-state index is -1.38. The summed E-state index contributed by atoms with van der Waals surface area (Å²) in [6.45, 7) is 1.46. The first kappa shape index (κ1) is 12.8. The summed E-state index contributed by atoms with van der Waals surface area (Å²) in [5.41, 5.74) is 0.0687. The molecule has 1 rings (SSSR count). The number of aromatic carboxylic acids is 1. The van der Waals surface area contributed by atoms with Crippen molar-refractivity contribution in [2.45, 2.75) is 6.92 Å². The first-order chi connectivity index (χ1) is 5.54. The molecule has 0 spiro atoms. The first-order valence-corrected chi connectivity index (χ1v) is 3.61. The van der Waals surface area contributed by atoms with Crippen molar-refractivity contribution < 1.29 is 44.6 Å². The van der Waals surface area contributed by atoms with E-state index in [0.717, 1.165) is 0 Å². The molecule has 0 aliphatic heterocycles. The van der Waals surface area contributed by atoms with E-state index in [4.69, 9.17) is 16.7 Å². The first-order valence-electron chi connectivity index (χ1n) is 3.23. The van der Waals surface area contributed by atoms with Crippen molar-refractivity contribution in [3.8, 4) is 5.75 Å². The zero-order chi connectivity index (χ0) is 9.30. The number of halogens is 1. The molecule has 64 valence electrons. The maximum Gasteiger partial charge on any atom is 1.00 e. The number of carboxylic acids is 1. The molecule has 0 heterocycles. The van der Waals surface area contributed by atoms with E-state index in [1.165, 1.54) is 19.1 Å². The van der Waals surface area contributed by atoms with Crippen LogP contribution in [-0.2, 0) is 0 Å². The van der Waals surface area contributed by atoms with Crippen molar-refractivity contribution in [3.63, 3.8) is 0 Å². The summed E-state index contributed by atoms with van der Waals surface area (Å²) < 4.78 is 0. The summed E-state index contributed by atoms with van der Waals surface area (Å²) in [6.07, 6.45) is 0. The van der Waals surface area contributed by atoms with Crippen LogP contribution in [0.4, 0.5) is 0 Å². The Morgan fingerprint density at radius 3 is 2.46 bits per heavy atom.